The number of carbonyl (C=O) groups is 4. The van der Waals surface area contributed by atoms with E-state index in [1.54, 1.807) is 48.5 Å². The second-order valence-electron chi connectivity index (χ2n) is 13.6. The summed E-state index contributed by atoms with van der Waals surface area (Å²) in [6.07, 6.45) is 2.13. The van der Waals surface area contributed by atoms with Crippen LogP contribution in [0.5, 0.6) is 17.2 Å². The largest absolute Gasteiger partial charge is 0.508 e. The zero-order valence-electron chi connectivity index (χ0n) is 28.4. The number of rotatable bonds is 7. The van der Waals surface area contributed by atoms with Crippen molar-refractivity contribution in [3.63, 3.8) is 0 Å². The van der Waals surface area contributed by atoms with Gasteiger partial charge in [-0.1, -0.05) is 47.0 Å². The van der Waals surface area contributed by atoms with Crippen molar-refractivity contribution in [3.8, 4) is 17.2 Å². The molecular weight excluding hydrogens is 724 g/mol. The van der Waals surface area contributed by atoms with Gasteiger partial charge in [0.25, 0.3) is 11.8 Å². The van der Waals surface area contributed by atoms with Gasteiger partial charge in [-0.25, -0.2) is 4.39 Å². The van der Waals surface area contributed by atoms with Crippen LogP contribution in [0.1, 0.15) is 29.9 Å². The van der Waals surface area contributed by atoms with Crippen molar-refractivity contribution in [2.75, 3.05) is 24.5 Å². The third kappa shape index (κ3) is 5.20. The summed E-state index contributed by atoms with van der Waals surface area (Å²) in [6, 6.07) is 21.2. The van der Waals surface area contributed by atoms with E-state index in [1.807, 2.05) is 6.08 Å². The van der Waals surface area contributed by atoms with Gasteiger partial charge >= 0.3 is 0 Å². The number of nitrogens with zero attached hydrogens (tertiary/aromatic N) is 2. The van der Waals surface area contributed by atoms with Gasteiger partial charge in [0, 0.05) is 33.7 Å². The number of phenolic OH excluding ortho intramolecular Hbond substituents is 1. The summed E-state index contributed by atoms with van der Waals surface area (Å²) in [6.45, 7) is 0. The molecule has 4 aromatic rings. The van der Waals surface area contributed by atoms with E-state index in [-0.39, 0.29) is 36.0 Å². The number of imide groups is 2. The number of anilines is 2. The molecule has 0 aromatic heterocycles. The molecule has 270 valence electrons. The minimum absolute atomic E-state index is 0.0362. The number of allylic oxidation sites excluding steroid dienone is 2. The van der Waals surface area contributed by atoms with Gasteiger partial charge in [-0.2, -0.15) is 5.01 Å². The third-order valence-electron chi connectivity index (χ3n) is 11.2. The van der Waals surface area contributed by atoms with Crippen molar-refractivity contribution < 1.29 is 38.1 Å². The van der Waals surface area contributed by atoms with Crippen LogP contribution in [0, 0.1) is 29.5 Å². The smallest absolute Gasteiger partial charge is 0.260 e. The average Bonchev–Trinajstić information content (AvgIpc) is 3.53. The molecule has 4 aliphatic rings. The summed E-state index contributed by atoms with van der Waals surface area (Å²) >= 11 is 12.5. The molecule has 2 saturated heterocycles. The van der Waals surface area contributed by atoms with Crippen LogP contribution in [-0.4, -0.2) is 48.0 Å². The zero-order valence-corrected chi connectivity index (χ0v) is 29.9. The Kier molecular flexibility index (Phi) is 8.46. The number of fused-ring (bicyclic) bond motifs is 4. The van der Waals surface area contributed by atoms with Gasteiger partial charge in [-0.15, -0.1) is 0 Å². The van der Waals surface area contributed by atoms with Crippen molar-refractivity contribution in [3.05, 3.63) is 124 Å². The number of benzene rings is 4. The Hall–Kier alpha value is -5.39. The van der Waals surface area contributed by atoms with Crippen molar-refractivity contribution in [2.24, 2.45) is 23.7 Å². The number of carbonyl (C=O) groups excluding carboxylic acids is 4. The van der Waals surface area contributed by atoms with Gasteiger partial charge in [0.15, 0.2) is 0 Å². The minimum Gasteiger partial charge on any atom is -0.508 e. The monoisotopic (exact) mass is 755 g/mol. The molecule has 0 spiro atoms. The first kappa shape index (κ1) is 34.7. The number of hydrogen-bond acceptors (Lipinski definition) is 8. The molecule has 53 heavy (non-hydrogen) atoms. The molecule has 2 N–H and O–H groups in total. The molecule has 1 saturated carbocycles. The van der Waals surface area contributed by atoms with Gasteiger partial charge in [0.2, 0.25) is 11.8 Å². The molecule has 3 fully saturated rings. The predicted molar refractivity (Wildman–Crippen MR) is 194 cm³/mol. The Morgan fingerprint density at radius 3 is 2.02 bits per heavy atom. The summed E-state index contributed by atoms with van der Waals surface area (Å²) in [5, 5.41) is 12.5. The highest BCUT2D eigenvalue weighted by Gasteiger charge is 2.71. The predicted octanol–water partition coefficient (Wildman–Crippen LogP) is 7.04. The van der Waals surface area contributed by atoms with E-state index in [4.69, 9.17) is 32.7 Å². The molecule has 2 heterocycles. The highest BCUT2D eigenvalue weighted by molar-refractivity contribution is 6.31. The van der Waals surface area contributed by atoms with Crippen LogP contribution in [0.3, 0.4) is 0 Å². The molecule has 0 bridgehead atoms. The lowest BCUT2D eigenvalue weighted by Gasteiger charge is -2.51. The molecular formula is C40H32Cl2FN3O7. The van der Waals surface area contributed by atoms with Crippen LogP contribution in [0.25, 0.3) is 0 Å². The normalized spacial score (nSPS) is 26.2. The van der Waals surface area contributed by atoms with E-state index in [1.165, 1.54) is 55.5 Å². The molecule has 0 radical (unpaired) electrons. The fourth-order valence-electron chi connectivity index (χ4n) is 9.02. The van der Waals surface area contributed by atoms with Crippen molar-refractivity contribution in [1.82, 2.24) is 5.01 Å². The summed E-state index contributed by atoms with van der Waals surface area (Å²) in [5.74, 6) is -6.63. The zero-order chi connectivity index (χ0) is 37.3. The maximum absolute atomic E-state index is 15.4. The van der Waals surface area contributed by atoms with Crippen molar-refractivity contribution >= 4 is 58.2 Å². The number of hydrogen-bond donors (Lipinski definition) is 2. The Morgan fingerprint density at radius 2 is 1.42 bits per heavy atom. The molecule has 10 nitrogen and oxygen atoms in total. The molecule has 2 aliphatic carbocycles. The number of amides is 4. The fourth-order valence-corrected chi connectivity index (χ4v) is 9.28. The molecule has 4 amide bonds. The summed E-state index contributed by atoms with van der Waals surface area (Å²) in [4.78, 5) is 60.0. The van der Waals surface area contributed by atoms with E-state index in [0.717, 1.165) is 5.01 Å². The van der Waals surface area contributed by atoms with E-state index in [9.17, 15) is 23.9 Å². The number of hydrazine groups is 1. The number of phenols is 1. The lowest BCUT2D eigenvalue weighted by Crippen LogP contribution is -2.53. The third-order valence-corrected chi connectivity index (χ3v) is 11.7. The minimum atomic E-state index is -1.68. The Bertz CT molecular complexity index is 2190. The van der Waals surface area contributed by atoms with Crippen LogP contribution in [-0.2, 0) is 24.6 Å². The van der Waals surface area contributed by atoms with Crippen molar-refractivity contribution in [1.29, 1.82) is 0 Å². The highest BCUT2D eigenvalue weighted by atomic mass is 35.5. The molecule has 6 unspecified atom stereocenters. The van der Waals surface area contributed by atoms with Gasteiger partial charge in [0.05, 0.1) is 48.8 Å². The second kappa shape index (κ2) is 12.9. The molecule has 4 aromatic carbocycles. The van der Waals surface area contributed by atoms with Crippen LogP contribution in [0.15, 0.2) is 96.6 Å². The maximum Gasteiger partial charge on any atom is 0.260 e. The molecule has 13 heteroatoms. The average molecular weight is 757 g/mol. The summed E-state index contributed by atoms with van der Waals surface area (Å²) < 4.78 is 25.6. The number of halogens is 3. The number of nitrogens with one attached hydrogen (secondary N) is 1. The van der Waals surface area contributed by atoms with Crippen LogP contribution in [0.2, 0.25) is 10.0 Å². The number of methoxy groups -OCH3 is 2. The second-order valence-corrected chi connectivity index (χ2v) is 14.5. The van der Waals surface area contributed by atoms with Gasteiger partial charge < -0.3 is 14.6 Å². The number of ether oxygens (including phenoxy) is 2. The van der Waals surface area contributed by atoms with Crippen LogP contribution in [0.4, 0.5) is 15.8 Å². The Morgan fingerprint density at radius 1 is 0.811 bits per heavy atom. The Balaban J connectivity index is 1.37. The van der Waals surface area contributed by atoms with Gasteiger partial charge in [-0.05, 0) is 85.0 Å². The first-order valence-corrected chi connectivity index (χ1v) is 17.7. The maximum atomic E-state index is 15.4. The fraction of sp³-hybridized carbons (Fsp3) is 0.250. The molecule has 2 aliphatic heterocycles. The number of aromatic hydroxyl groups is 1. The van der Waals surface area contributed by atoms with Gasteiger partial charge in [-0.3, -0.25) is 29.5 Å². The summed E-state index contributed by atoms with van der Waals surface area (Å²) in [5.41, 5.74) is 3.42. The van der Waals surface area contributed by atoms with Crippen LogP contribution >= 0.6 is 23.2 Å². The van der Waals surface area contributed by atoms with E-state index < -0.39 is 58.5 Å². The first-order valence-electron chi connectivity index (χ1n) is 16.9. The SMILES string of the molecule is COc1cc(O)cc(OC)c1C1C2=CCC3C(=O)N(c4ccc(Cl)cc4)C(=O)C3C2CC2C(=O)N(Nc3ccc(F)cc3)C(=O)C21c1ccc(Cl)cc1. The lowest BCUT2D eigenvalue weighted by molar-refractivity contribution is -0.138. The molecule has 8 rings (SSSR count). The topological polar surface area (TPSA) is 125 Å². The summed E-state index contributed by atoms with van der Waals surface area (Å²) in [7, 11) is 2.84. The molecule has 6 atom stereocenters. The lowest BCUT2D eigenvalue weighted by atomic mass is 9.49. The standard InChI is InChI=1S/C40H32Cl2FN3O7/c1-52-31-17-26(47)18-32(53-2)34(31)35-27-15-16-28-33(38(50)45(36(28)48)25-13-7-22(42)8-14-25)29(27)19-30-37(49)46(44-24-11-9-23(43)10-12-24)39(51)40(30,35)20-3-5-21(41)6-4-20/h3-15,17-18,28-30,33,35,44,47H,16,19H2,1-2H3. The van der Waals surface area contributed by atoms with E-state index in [2.05, 4.69) is 5.43 Å². The van der Waals surface area contributed by atoms with Crippen LogP contribution < -0.4 is 19.8 Å². The van der Waals surface area contributed by atoms with E-state index in [0.29, 0.717) is 38.1 Å². The van der Waals surface area contributed by atoms with Gasteiger partial charge in [0.1, 0.15) is 23.1 Å². The highest BCUT2D eigenvalue weighted by Crippen LogP contribution is 2.66. The first-order chi connectivity index (χ1) is 25.5. The Labute approximate surface area is 313 Å². The van der Waals surface area contributed by atoms with E-state index >= 15 is 4.79 Å². The van der Waals surface area contributed by atoms with Crippen molar-refractivity contribution in [2.45, 2.75) is 24.2 Å². The quantitative estimate of drug-likeness (QED) is 0.152.